The van der Waals surface area contributed by atoms with Crippen LogP contribution in [0.2, 0.25) is 0 Å². The predicted octanol–water partition coefficient (Wildman–Crippen LogP) is 1.68. The number of rotatable bonds is 5. The fourth-order valence-electron chi connectivity index (χ4n) is 3.79. The molecule has 1 saturated carbocycles. The standard InChI is InChI=1S/C18H28N4O2S/c1-18(2)15(13-7-8-24-16(13)18)21-17(20-11-14(23)22(3)4)19-10-12-6-5-9-25-12/h5-6,9,13,15-16H,7-8,10-11H2,1-4H3,(H2,19,20,21). The molecule has 0 aromatic carbocycles. The van der Waals surface area contributed by atoms with Gasteiger partial charge < -0.3 is 20.3 Å². The van der Waals surface area contributed by atoms with Crippen LogP contribution in [0, 0.1) is 11.3 Å². The highest BCUT2D eigenvalue weighted by molar-refractivity contribution is 7.09. The molecule has 1 aliphatic heterocycles. The highest BCUT2D eigenvalue weighted by Crippen LogP contribution is 2.52. The number of thiophene rings is 1. The minimum absolute atomic E-state index is 0.00725. The molecule has 2 heterocycles. The molecule has 3 atom stereocenters. The molecule has 0 spiro atoms. The van der Waals surface area contributed by atoms with Gasteiger partial charge in [-0.2, -0.15) is 0 Å². The Morgan fingerprint density at radius 1 is 1.48 bits per heavy atom. The van der Waals surface area contributed by atoms with Crippen molar-refractivity contribution in [2.24, 2.45) is 16.3 Å². The summed E-state index contributed by atoms with van der Waals surface area (Å²) in [5.41, 5.74) is 0.0676. The number of amides is 1. The monoisotopic (exact) mass is 364 g/mol. The van der Waals surface area contributed by atoms with Crippen molar-refractivity contribution in [2.75, 3.05) is 27.2 Å². The number of carbonyl (C=O) groups is 1. The Labute approximate surface area is 153 Å². The second-order valence-corrected chi connectivity index (χ2v) is 8.61. The third-order valence-corrected chi connectivity index (χ3v) is 6.15. The first-order valence-corrected chi connectivity index (χ1v) is 9.66. The molecule has 25 heavy (non-hydrogen) atoms. The zero-order valence-corrected chi connectivity index (χ0v) is 16.2. The summed E-state index contributed by atoms with van der Waals surface area (Å²) in [6.45, 7) is 6.16. The molecule has 0 radical (unpaired) electrons. The van der Waals surface area contributed by atoms with Gasteiger partial charge in [0.05, 0.1) is 12.6 Å². The van der Waals surface area contributed by atoms with E-state index >= 15 is 0 Å². The maximum Gasteiger partial charge on any atom is 0.243 e. The number of likely N-dealkylation sites (N-methyl/N-ethyl adjacent to an activating group) is 1. The zero-order chi connectivity index (χ0) is 18.0. The molecule has 6 nitrogen and oxygen atoms in total. The zero-order valence-electron chi connectivity index (χ0n) is 15.4. The molecular weight excluding hydrogens is 336 g/mol. The molecule has 138 valence electrons. The van der Waals surface area contributed by atoms with E-state index in [0.29, 0.717) is 30.6 Å². The van der Waals surface area contributed by atoms with Gasteiger partial charge in [-0.1, -0.05) is 19.9 Å². The van der Waals surface area contributed by atoms with Crippen LogP contribution in [0.25, 0.3) is 0 Å². The first-order chi connectivity index (χ1) is 11.9. The largest absolute Gasteiger partial charge is 0.377 e. The van der Waals surface area contributed by atoms with Crippen LogP contribution in [0.5, 0.6) is 0 Å². The molecule has 2 aliphatic rings. The van der Waals surface area contributed by atoms with Crippen molar-refractivity contribution in [2.45, 2.75) is 39.0 Å². The average Bonchev–Trinajstić information content (AvgIpc) is 3.23. The van der Waals surface area contributed by atoms with Gasteiger partial charge in [-0.15, -0.1) is 11.3 Å². The van der Waals surface area contributed by atoms with E-state index in [9.17, 15) is 4.79 Å². The number of hydrogen-bond donors (Lipinski definition) is 2. The van der Waals surface area contributed by atoms with Gasteiger partial charge in [0, 0.05) is 43.0 Å². The van der Waals surface area contributed by atoms with E-state index < -0.39 is 0 Å². The Bertz CT molecular complexity index is 627. The van der Waals surface area contributed by atoms with E-state index in [1.165, 1.54) is 4.88 Å². The average molecular weight is 365 g/mol. The van der Waals surface area contributed by atoms with Crippen LogP contribution >= 0.6 is 11.3 Å². The predicted molar refractivity (Wildman–Crippen MR) is 101 cm³/mol. The Morgan fingerprint density at radius 3 is 2.96 bits per heavy atom. The fourth-order valence-corrected chi connectivity index (χ4v) is 4.43. The number of fused-ring (bicyclic) bond motifs is 1. The number of aliphatic imine (C=N–C) groups is 1. The maximum absolute atomic E-state index is 11.9. The molecule has 2 fully saturated rings. The Hall–Kier alpha value is -1.60. The van der Waals surface area contributed by atoms with Gasteiger partial charge in [-0.3, -0.25) is 4.79 Å². The topological polar surface area (TPSA) is 66.0 Å². The second kappa shape index (κ2) is 7.33. The van der Waals surface area contributed by atoms with Crippen molar-refractivity contribution in [3.63, 3.8) is 0 Å². The van der Waals surface area contributed by atoms with E-state index in [4.69, 9.17) is 4.74 Å². The summed E-state index contributed by atoms with van der Waals surface area (Å²) in [6.07, 6.45) is 1.41. The number of ether oxygens (including phenoxy) is 1. The van der Waals surface area contributed by atoms with E-state index in [2.05, 4.69) is 40.9 Å². The van der Waals surface area contributed by atoms with Gasteiger partial charge >= 0.3 is 0 Å². The first kappa shape index (κ1) is 18.2. The lowest BCUT2D eigenvalue weighted by atomic mass is 9.57. The van der Waals surface area contributed by atoms with Gasteiger partial charge in [-0.05, 0) is 17.9 Å². The van der Waals surface area contributed by atoms with Crippen molar-refractivity contribution < 1.29 is 9.53 Å². The summed E-state index contributed by atoms with van der Waals surface area (Å²) in [4.78, 5) is 19.2. The van der Waals surface area contributed by atoms with Crippen molar-refractivity contribution in [3.05, 3.63) is 22.4 Å². The molecule has 3 unspecified atom stereocenters. The van der Waals surface area contributed by atoms with Crippen molar-refractivity contribution in [3.8, 4) is 0 Å². The highest BCUT2D eigenvalue weighted by atomic mass is 32.1. The Kier molecular flexibility index (Phi) is 5.34. The molecule has 3 rings (SSSR count). The summed E-state index contributed by atoms with van der Waals surface area (Å²) in [5, 5.41) is 9.00. The molecular formula is C18H28N4O2S. The highest BCUT2D eigenvalue weighted by Gasteiger charge is 2.59. The maximum atomic E-state index is 11.9. The third kappa shape index (κ3) is 3.82. The minimum Gasteiger partial charge on any atom is -0.377 e. The smallest absolute Gasteiger partial charge is 0.243 e. The van der Waals surface area contributed by atoms with Crippen LogP contribution in [0.4, 0.5) is 0 Å². The quantitative estimate of drug-likeness (QED) is 0.616. The molecule has 1 aromatic heterocycles. The minimum atomic E-state index is -0.00725. The summed E-state index contributed by atoms with van der Waals surface area (Å²) >= 11 is 1.71. The number of nitrogens with zero attached hydrogens (tertiary/aromatic N) is 2. The lowest BCUT2D eigenvalue weighted by Crippen LogP contribution is -2.67. The summed E-state index contributed by atoms with van der Waals surface area (Å²) < 4.78 is 5.87. The van der Waals surface area contributed by atoms with Crippen LogP contribution in [0.1, 0.15) is 25.1 Å². The van der Waals surface area contributed by atoms with Crippen LogP contribution in [-0.4, -0.2) is 56.2 Å². The fraction of sp³-hybridized carbons (Fsp3) is 0.667. The van der Waals surface area contributed by atoms with Gasteiger partial charge in [-0.25, -0.2) is 4.99 Å². The van der Waals surface area contributed by atoms with E-state index in [-0.39, 0.29) is 17.9 Å². The summed E-state index contributed by atoms with van der Waals surface area (Å²) in [6, 6.07) is 4.44. The molecule has 0 bridgehead atoms. The van der Waals surface area contributed by atoms with Crippen molar-refractivity contribution in [1.82, 2.24) is 15.5 Å². The number of carbonyl (C=O) groups excluding carboxylic acids is 1. The van der Waals surface area contributed by atoms with Crippen LogP contribution in [0.15, 0.2) is 22.5 Å². The number of guanidine groups is 1. The normalized spacial score (nSPS) is 27.4. The van der Waals surface area contributed by atoms with Crippen LogP contribution < -0.4 is 10.6 Å². The lowest BCUT2D eigenvalue weighted by Gasteiger charge is -2.54. The SMILES string of the molecule is CN(C)C(=O)CN=C(NCc1cccs1)NC1C2CCOC2C1(C)C. The molecule has 1 aromatic rings. The second-order valence-electron chi connectivity index (χ2n) is 7.57. The van der Waals surface area contributed by atoms with Crippen LogP contribution in [0.3, 0.4) is 0 Å². The van der Waals surface area contributed by atoms with Crippen molar-refractivity contribution >= 4 is 23.2 Å². The van der Waals surface area contributed by atoms with Gasteiger partial charge in [0.2, 0.25) is 5.91 Å². The molecule has 7 heteroatoms. The first-order valence-electron chi connectivity index (χ1n) is 8.78. The molecule has 1 amide bonds. The molecule has 2 N–H and O–H groups in total. The van der Waals surface area contributed by atoms with Crippen LogP contribution in [-0.2, 0) is 16.1 Å². The molecule has 1 aliphatic carbocycles. The number of nitrogens with one attached hydrogen (secondary N) is 2. The third-order valence-electron chi connectivity index (χ3n) is 5.27. The summed E-state index contributed by atoms with van der Waals surface area (Å²) in [7, 11) is 3.50. The van der Waals surface area contributed by atoms with Gasteiger partial charge in [0.25, 0.3) is 0 Å². The summed E-state index contributed by atoms with van der Waals surface area (Å²) in [5.74, 6) is 1.22. The van der Waals surface area contributed by atoms with E-state index in [0.717, 1.165) is 13.0 Å². The van der Waals surface area contributed by atoms with Crippen molar-refractivity contribution in [1.29, 1.82) is 0 Å². The Balaban J connectivity index is 1.67. The van der Waals surface area contributed by atoms with Gasteiger partial charge in [0.1, 0.15) is 6.54 Å². The Morgan fingerprint density at radius 2 is 2.28 bits per heavy atom. The number of hydrogen-bond acceptors (Lipinski definition) is 4. The van der Waals surface area contributed by atoms with E-state index in [1.807, 2.05) is 6.07 Å². The van der Waals surface area contributed by atoms with Gasteiger partial charge in [0.15, 0.2) is 5.96 Å². The lowest BCUT2D eigenvalue weighted by molar-refractivity contribution is -0.127. The van der Waals surface area contributed by atoms with E-state index in [1.54, 1.807) is 30.3 Å². The molecule has 1 saturated heterocycles.